The Bertz CT molecular complexity index is 1670. The normalized spacial score (nSPS) is 17.6. The van der Waals surface area contributed by atoms with Gasteiger partial charge in [0.05, 0.1) is 18.3 Å². The van der Waals surface area contributed by atoms with Crippen LogP contribution >= 0.6 is 11.8 Å². The van der Waals surface area contributed by atoms with Crippen LogP contribution in [0.1, 0.15) is 67.4 Å². The van der Waals surface area contributed by atoms with Crippen LogP contribution in [-0.4, -0.2) is 97.2 Å². The first kappa shape index (κ1) is 44.5. The van der Waals surface area contributed by atoms with Crippen LogP contribution in [0, 0.1) is 12.8 Å². The molecule has 12 heteroatoms. The number of sulfone groups is 1. The maximum Gasteiger partial charge on any atom is 0.326 e. The number of nitrogens with one attached hydrogen (secondary N) is 1. The number of hydrogen-bond donors (Lipinski definition) is 3. The molecule has 3 unspecified atom stereocenters. The average molecular weight is 757 g/mol. The van der Waals surface area contributed by atoms with E-state index in [1.807, 2.05) is 62.6 Å². The summed E-state index contributed by atoms with van der Waals surface area (Å²) in [6.45, 7) is 10.8. The van der Waals surface area contributed by atoms with Crippen molar-refractivity contribution in [2.24, 2.45) is 5.92 Å². The highest BCUT2D eigenvalue weighted by atomic mass is 32.2. The number of nitrogens with zero attached hydrogens (tertiary/aromatic N) is 1. The van der Waals surface area contributed by atoms with Gasteiger partial charge in [0.25, 0.3) is 5.91 Å². The van der Waals surface area contributed by atoms with Crippen molar-refractivity contribution < 1.29 is 37.8 Å². The molecular weight excluding hydrogens is 701 g/mol. The van der Waals surface area contributed by atoms with Crippen LogP contribution in [0.4, 0.5) is 0 Å². The largest absolute Gasteiger partial charge is 0.481 e. The monoisotopic (exact) mass is 756 g/mol. The number of likely N-dealkylation sites (tertiary alicyclic amines) is 1. The van der Waals surface area contributed by atoms with Crippen molar-refractivity contribution in [3.63, 3.8) is 0 Å². The second-order valence-electron chi connectivity index (χ2n) is 13.2. The molecule has 52 heavy (non-hydrogen) atoms. The minimum Gasteiger partial charge on any atom is -0.481 e. The lowest BCUT2D eigenvalue weighted by atomic mass is 9.93. The number of benzene rings is 2. The number of carboxylic acids is 2. The lowest BCUT2D eigenvalue weighted by Gasteiger charge is -2.31. The molecule has 0 bridgehead atoms. The number of hydrogen-bond acceptors (Lipinski definition) is 8. The fourth-order valence-electron chi connectivity index (χ4n) is 6.05. The number of methoxy groups -OCH3 is 1. The van der Waals surface area contributed by atoms with E-state index in [1.54, 1.807) is 37.9 Å². The number of allylic oxidation sites excluding steroid dienone is 4. The second-order valence-corrected chi connectivity index (χ2v) is 16.4. The zero-order valence-corrected chi connectivity index (χ0v) is 33.0. The molecule has 0 radical (unpaired) electrons. The van der Waals surface area contributed by atoms with E-state index in [-0.39, 0.29) is 24.1 Å². The molecule has 0 spiro atoms. The quantitative estimate of drug-likeness (QED) is 0.131. The minimum atomic E-state index is -3.39. The molecular formula is C40H56N2O8S2. The number of rotatable bonds is 19. The molecule has 0 aromatic heterocycles. The summed E-state index contributed by atoms with van der Waals surface area (Å²) in [5, 5.41) is 20.6. The van der Waals surface area contributed by atoms with Gasteiger partial charge in [-0.25, -0.2) is 13.2 Å². The average Bonchev–Trinajstić information content (AvgIpc) is 3.46. The summed E-state index contributed by atoms with van der Waals surface area (Å²) in [6.07, 6.45) is 14.5. The molecule has 3 rings (SSSR count). The lowest BCUT2D eigenvalue weighted by molar-refractivity contribution is -0.141. The van der Waals surface area contributed by atoms with Crippen molar-refractivity contribution in [2.75, 3.05) is 37.7 Å². The summed E-state index contributed by atoms with van der Waals surface area (Å²) < 4.78 is 28.9. The van der Waals surface area contributed by atoms with E-state index in [0.717, 1.165) is 54.4 Å². The Labute approximate surface area is 314 Å². The van der Waals surface area contributed by atoms with Crippen molar-refractivity contribution in [3.05, 3.63) is 95.6 Å². The fraction of sp³-hybridized carbons (Fsp3) is 0.475. The van der Waals surface area contributed by atoms with Crippen LogP contribution in [0.3, 0.4) is 0 Å². The third kappa shape index (κ3) is 14.7. The summed E-state index contributed by atoms with van der Waals surface area (Å²) in [4.78, 5) is 38.1. The second kappa shape index (κ2) is 22.4. The fourth-order valence-corrected chi connectivity index (χ4v) is 7.30. The topological polar surface area (TPSA) is 150 Å². The molecule has 1 amide bonds. The molecule has 2 aromatic carbocycles. The highest BCUT2D eigenvalue weighted by molar-refractivity contribution is 7.98. The van der Waals surface area contributed by atoms with Gasteiger partial charge < -0.3 is 20.3 Å². The van der Waals surface area contributed by atoms with Gasteiger partial charge in [-0.15, -0.1) is 0 Å². The van der Waals surface area contributed by atoms with Gasteiger partial charge in [0.2, 0.25) is 0 Å². The van der Waals surface area contributed by atoms with E-state index in [9.17, 15) is 27.9 Å². The third-order valence-electron chi connectivity index (χ3n) is 9.10. The molecule has 286 valence electrons. The van der Waals surface area contributed by atoms with Gasteiger partial charge in [-0.3, -0.25) is 14.5 Å². The molecule has 1 heterocycles. The molecule has 0 aliphatic carbocycles. The Hall–Kier alpha value is -3.71. The molecule has 3 N–H and O–H groups in total. The minimum absolute atomic E-state index is 0.183. The third-order valence-corrected chi connectivity index (χ3v) is 10.7. The zero-order chi connectivity index (χ0) is 38.8. The van der Waals surface area contributed by atoms with Crippen molar-refractivity contribution in [1.29, 1.82) is 0 Å². The summed E-state index contributed by atoms with van der Waals surface area (Å²) in [6, 6.07) is 12.7. The van der Waals surface area contributed by atoms with Gasteiger partial charge in [-0.05, 0) is 92.3 Å². The van der Waals surface area contributed by atoms with Crippen LogP contribution < -0.4 is 5.32 Å². The number of thioether (sulfide) groups is 1. The maximum absolute atomic E-state index is 13.5. The molecule has 10 nitrogen and oxygen atoms in total. The summed E-state index contributed by atoms with van der Waals surface area (Å²) in [5.74, 6) is -2.12. The Morgan fingerprint density at radius 1 is 1.08 bits per heavy atom. The summed E-state index contributed by atoms with van der Waals surface area (Å²) >= 11 is 1.68. The van der Waals surface area contributed by atoms with Crippen LogP contribution in [0.5, 0.6) is 0 Å². The SMILES string of the molecule is C=C/C=C\C(=C/C)CC1CC[C@H](COC)N1Cc1ccc(C(=O)NC(CCS(C)(=O)=O)C(=O)O)c(-c2ccccc2C)c1.CSCCC(C)C(=O)O. The Morgan fingerprint density at radius 3 is 2.35 bits per heavy atom. The number of carbonyl (C=O) groups is 3. The van der Waals surface area contributed by atoms with Gasteiger partial charge in [0, 0.05) is 37.6 Å². The van der Waals surface area contributed by atoms with E-state index in [4.69, 9.17) is 9.84 Å². The molecule has 1 saturated heterocycles. The van der Waals surface area contributed by atoms with E-state index in [0.29, 0.717) is 30.3 Å². The van der Waals surface area contributed by atoms with Crippen LogP contribution in [0.15, 0.2) is 78.9 Å². The molecule has 2 aromatic rings. The van der Waals surface area contributed by atoms with E-state index < -0.39 is 33.7 Å². The standard InChI is InChI=1S/C34H44N2O6S.C6H12O2S/c1-6-8-12-25(7-2)20-27-15-16-28(23-42-4)36(27)22-26-14-17-30(31(21-26)29-13-10-9-11-24(29)3)33(37)35-32(34(38)39)18-19-43(5,40)41;1-5(6(7)8)3-4-9-2/h6-14,17,21,27-28,32H,1,15-16,18-20,22-23H2,2-5H3,(H,35,37)(H,38,39);5H,3-4H2,1-2H3,(H,7,8)/b12-8-,25-7+;/t27?,28-,32?;/m1./s1. The van der Waals surface area contributed by atoms with E-state index in [2.05, 4.69) is 28.9 Å². The van der Waals surface area contributed by atoms with Gasteiger partial charge in [-0.2, -0.15) is 11.8 Å². The number of aliphatic carboxylic acids is 2. The van der Waals surface area contributed by atoms with Gasteiger partial charge in [0.15, 0.2) is 0 Å². The number of carbonyl (C=O) groups excluding carboxylic acids is 1. The number of aryl methyl sites for hydroxylation is 1. The first-order chi connectivity index (χ1) is 24.6. The molecule has 1 aliphatic rings. The lowest BCUT2D eigenvalue weighted by Crippen LogP contribution is -2.42. The summed E-state index contributed by atoms with van der Waals surface area (Å²) in [5.41, 5.74) is 5.14. The van der Waals surface area contributed by atoms with Crippen molar-refractivity contribution in [1.82, 2.24) is 10.2 Å². The molecule has 0 saturated carbocycles. The van der Waals surface area contributed by atoms with Crippen LogP contribution in [0.2, 0.25) is 0 Å². The number of amides is 1. The predicted molar refractivity (Wildman–Crippen MR) is 212 cm³/mol. The maximum atomic E-state index is 13.5. The smallest absolute Gasteiger partial charge is 0.326 e. The number of ether oxygens (including phenoxy) is 1. The Kier molecular flexibility index (Phi) is 19.1. The Morgan fingerprint density at radius 2 is 1.77 bits per heavy atom. The first-order valence-corrected chi connectivity index (χ1v) is 20.9. The number of carboxylic acid groups (broad SMARTS) is 2. The van der Waals surface area contributed by atoms with Crippen molar-refractivity contribution in [3.8, 4) is 11.1 Å². The van der Waals surface area contributed by atoms with Crippen LogP contribution in [0.25, 0.3) is 11.1 Å². The Balaban J connectivity index is 0.000000916. The predicted octanol–water partition coefficient (Wildman–Crippen LogP) is 6.80. The molecule has 1 aliphatic heterocycles. The highest BCUT2D eigenvalue weighted by Crippen LogP contribution is 2.33. The van der Waals surface area contributed by atoms with Crippen LogP contribution in [-0.2, 0) is 30.7 Å². The van der Waals surface area contributed by atoms with Crippen molar-refractivity contribution in [2.45, 2.75) is 77.5 Å². The zero-order valence-electron chi connectivity index (χ0n) is 31.3. The molecule has 1 fully saturated rings. The van der Waals surface area contributed by atoms with Gasteiger partial charge >= 0.3 is 11.9 Å². The van der Waals surface area contributed by atoms with Gasteiger partial charge in [0.1, 0.15) is 15.9 Å². The van der Waals surface area contributed by atoms with E-state index >= 15 is 0 Å². The molecule has 4 atom stereocenters. The summed E-state index contributed by atoms with van der Waals surface area (Å²) in [7, 11) is -1.67. The highest BCUT2D eigenvalue weighted by Gasteiger charge is 2.34. The van der Waals surface area contributed by atoms with Crippen molar-refractivity contribution >= 4 is 39.4 Å². The van der Waals surface area contributed by atoms with Gasteiger partial charge in [-0.1, -0.05) is 73.7 Å². The van der Waals surface area contributed by atoms with E-state index in [1.165, 1.54) is 5.57 Å². The first-order valence-electron chi connectivity index (χ1n) is 17.5.